The Labute approximate surface area is 97.8 Å². The molecular weight excluding hydrogens is 233 g/mol. The van der Waals surface area contributed by atoms with Crippen LogP contribution in [0.5, 0.6) is 0 Å². The number of carbonyl (C=O) groups is 1. The van der Waals surface area contributed by atoms with Gasteiger partial charge in [0.15, 0.2) is 0 Å². The molecule has 0 spiro atoms. The van der Waals surface area contributed by atoms with Gasteiger partial charge in [-0.3, -0.25) is 0 Å². The van der Waals surface area contributed by atoms with Crippen LogP contribution in [0.4, 0.5) is 10.1 Å². The molecule has 86 valence electrons. The molecule has 1 fully saturated rings. The summed E-state index contributed by atoms with van der Waals surface area (Å²) in [7, 11) is 1.35. The summed E-state index contributed by atoms with van der Waals surface area (Å²) in [6, 6.07) is 3.84. The van der Waals surface area contributed by atoms with Gasteiger partial charge in [-0.05, 0) is 24.6 Å². The van der Waals surface area contributed by atoms with Crippen LogP contribution >= 0.6 is 11.6 Å². The van der Waals surface area contributed by atoms with Gasteiger partial charge in [-0.1, -0.05) is 11.6 Å². The van der Waals surface area contributed by atoms with Gasteiger partial charge in [-0.15, -0.1) is 0 Å². The number of halogens is 2. The van der Waals surface area contributed by atoms with E-state index >= 15 is 0 Å². The van der Waals surface area contributed by atoms with Crippen LogP contribution < -0.4 is 4.90 Å². The van der Waals surface area contributed by atoms with Gasteiger partial charge in [0.25, 0.3) is 0 Å². The van der Waals surface area contributed by atoms with E-state index in [2.05, 4.69) is 4.74 Å². The first-order valence-electron chi connectivity index (χ1n) is 4.93. The molecule has 0 aromatic heterocycles. The predicted octanol–water partition coefficient (Wildman–Crippen LogP) is 2.23. The van der Waals surface area contributed by atoms with E-state index in [1.807, 2.05) is 4.90 Å². The summed E-state index contributed by atoms with van der Waals surface area (Å²) < 4.78 is 17.5. The predicted molar refractivity (Wildman–Crippen MR) is 59.2 cm³/mol. The van der Waals surface area contributed by atoms with Crippen LogP contribution in [0.3, 0.4) is 0 Å². The van der Waals surface area contributed by atoms with Crippen molar-refractivity contribution in [2.75, 3.05) is 18.6 Å². The Morgan fingerprint density at radius 1 is 1.62 bits per heavy atom. The van der Waals surface area contributed by atoms with Gasteiger partial charge in [0.1, 0.15) is 11.9 Å². The maximum atomic E-state index is 12.9. The molecule has 1 saturated heterocycles. The molecule has 5 heteroatoms. The Balaban J connectivity index is 2.22. The Bertz CT molecular complexity index is 424. The van der Waals surface area contributed by atoms with Gasteiger partial charge in [-0.25, -0.2) is 9.18 Å². The first-order chi connectivity index (χ1) is 7.63. The van der Waals surface area contributed by atoms with Gasteiger partial charge < -0.3 is 9.64 Å². The minimum atomic E-state index is -0.385. The molecule has 1 aromatic rings. The standard InChI is InChI=1S/C11H11ClFNO2/c1-16-11(15)10-4-5-14(10)9-3-2-7(13)6-8(9)12/h2-3,6,10H,4-5H2,1H3. The van der Waals surface area contributed by atoms with Crippen LogP contribution in [-0.4, -0.2) is 25.7 Å². The van der Waals surface area contributed by atoms with Crippen LogP contribution in [-0.2, 0) is 9.53 Å². The van der Waals surface area contributed by atoms with Crippen LogP contribution in [0.15, 0.2) is 18.2 Å². The van der Waals surface area contributed by atoms with Crippen molar-refractivity contribution in [2.45, 2.75) is 12.5 Å². The summed E-state index contributed by atoms with van der Waals surface area (Å²) >= 11 is 5.92. The normalized spacial score (nSPS) is 19.2. The summed E-state index contributed by atoms with van der Waals surface area (Å²) in [6.45, 7) is 0.727. The molecule has 0 amide bonds. The van der Waals surface area contributed by atoms with Crippen LogP contribution in [0, 0.1) is 5.82 Å². The Morgan fingerprint density at radius 3 is 2.88 bits per heavy atom. The lowest BCUT2D eigenvalue weighted by atomic mass is 10.0. The highest BCUT2D eigenvalue weighted by atomic mass is 35.5. The fourth-order valence-corrected chi connectivity index (χ4v) is 2.05. The molecule has 0 radical (unpaired) electrons. The molecule has 3 nitrogen and oxygen atoms in total. The van der Waals surface area contributed by atoms with E-state index in [4.69, 9.17) is 11.6 Å². The van der Waals surface area contributed by atoms with Crippen molar-refractivity contribution in [1.82, 2.24) is 0 Å². The zero-order chi connectivity index (χ0) is 11.7. The molecule has 0 saturated carbocycles. The number of methoxy groups -OCH3 is 1. The SMILES string of the molecule is COC(=O)C1CCN1c1ccc(F)cc1Cl. The second-order valence-corrected chi connectivity index (χ2v) is 4.02. The smallest absolute Gasteiger partial charge is 0.328 e. The largest absolute Gasteiger partial charge is 0.467 e. The molecule has 1 unspecified atom stereocenters. The molecule has 0 bridgehead atoms. The fourth-order valence-electron chi connectivity index (χ4n) is 1.77. The van der Waals surface area contributed by atoms with Crippen molar-refractivity contribution in [3.05, 3.63) is 29.0 Å². The molecule has 0 N–H and O–H groups in total. The Hall–Kier alpha value is -1.29. The number of carbonyl (C=O) groups excluding carboxylic acids is 1. The highest BCUT2D eigenvalue weighted by Gasteiger charge is 2.36. The Morgan fingerprint density at radius 2 is 2.38 bits per heavy atom. The third-order valence-corrected chi connectivity index (χ3v) is 3.01. The van der Waals surface area contributed by atoms with Gasteiger partial charge in [0, 0.05) is 6.54 Å². The number of hydrogen-bond acceptors (Lipinski definition) is 3. The summed E-state index contributed by atoms with van der Waals surface area (Å²) in [5.74, 6) is -0.671. The maximum Gasteiger partial charge on any atom is 0.328 e. The highest BCUT2D eigenvalue weighted by molar-refractivity contribution is 6.33. The van der Waals surface area contributed by atoms with E-state index < -0.39 is 0 Å². The molecule has 1 aliphatic rings. The van der Waals surface area contributed by atoms with Gasteiger partial charge in [-0.2, -0.15) is 0 Å². The number of esters is 1. The van der Waals surface area contributed by atoms with Crippen LogP contribution in [0.2, 0.25) is 5.02 Å². The zero-order valence-electron chi connectivity index (χ0n) is 8.74. The second-order valence-electron chi connectivity index (χ2n) is 3.62. The average Bonchev–Trinajstić information content (AvgIpc) is 2.20. The van der Waals surface area contributed by atoms with Crippen molar-refractivity contribution < 1.29 is 13.9 Å². The van der Waals surface area contributed by atoms with Gasteiger partial charge >= 0.3 is 5.97 Å². The van der Waals surface area contributed by atoms with Crippen molar-refractivity contribution in [2.24, 2.45) is 0 Å². The average molecular weight is 244 g/mol. The summed E-state index contributed by atoms with van der Waals surface area (Å²) in [5, 5.41) is 0.314. The van der Waals surface area contributed by atoms with E-state index in [1.165, 1.54) is 19.2 Å². The molecule has 2 rings (SSSR count). The molecule has 1 heterocycles. The number of rotatable bonds is 2. The summed E-state index contributed by atoms with van der Waals surface area (Å²) in [5.41, 5.74) is 0.671. The van der Waals surface area contributed by atoms with Crippen molar-refractivity contribution in [1.29, 1.82) is 0 Å². The number of nitrogens with zero attached hydrogens (tertiary/aromatic N) is 1. The monoisotopic (exact) mass is 243 g/mol. The van der Waals surface area contributed by atoms with Gasteiger partial charge in [0.2, 0.25) is 0 Å². The summed E-state index contributed by atoms with van der Waals surface area (Å²) in [4.78, 5) is 13.2. The molecule has 1 aromatic carbocycles. The molecular formula is C11H11ClFNO2. The quantitative estimate of drug-likeness (QED) is 0.746. The first kappa shape index (κ1) is 11.2. The number of hydrogen-bond donors (Lipinski definition) is 0. The van der Waals surface area contributed by atoms with E-state index in [0.717, 1.165) is 13.0 Å². The van der Waals surface area contributed by atoms with E-state index in [0.29, 0.717) is 10.7 Å². The lowest BCUT2D eigenvalue weighted by Gasteiger charge is -2.41. The van der Waals surface area contributed by atoms with E-state index in [1.54, 1.807) is 6.07 Å². The lowest BCUT2D eigenvalue weighted by Crippen LogP contribution is -2.53. The molecule has 1 atom stereocenters. The van der Waals surface area contributed by atoms with Crippen LogP contribution in [0.25, 0.3) is 0 Å². The zero-order valence-corrected chi connectivity index (χ0v) is 9.50. The van der Waals surface area contributed by atoms with E-state index in [-0.39, 0.29) is 17.8 Å². The summed E-state index contributed by atoms with van der Waals surface area (Å²) in [6.07, 6.45) is 0.736. The third kappa shape index (κ3) is 1.85. The highest BCUT2D eigenvalue weighted by Crippen LogP contribution is 2.33. The lowest BCUT2D eigenvalue weighted by molar-refractivity contribution is -0.143. The number of ether oxygens (including phenoxy) is 1. The number of benzene rings is 1. The topological polar surface area (TPSA) is 29.5 Å². The molecule has 1 aliphatic heterocycles. The Kier molecular flexibility index (Phi) is 3.01. The van der Waals surface area contributed by atoms with E-state index in [9.17, 15) is 9.18 Å². The molecule has 16 heavy (non-hydrogen) atoms. The van der Waals surface area contributed by atoms with Crippen molar-refractivity contribution >= 4 is 23.3 Å². The van der Waals surface area contributed by atoms with Crippen LogP contribution in [0.1, 0.15) is 6.42 Å². The second kappa shape index (κ2) is 4.29. The van der Waals surface area contributed by atoms with Crippen molar-refractivity contribution in [3.63, 3.8) is 0 Å². The third-order valence-electron chi connectivity index (χ3n) is 2.71. The number of anilines is 1. The van der Waals surface area contributed by atoms with Crippen molar-refractivity contribution in [3.8, 4) is 0 Å². The fraction of sp³-hybridized carbons (Fsp3) is 0.364. The minimum absolute atomic E-state index is 0.286. The molecule has 0 aliphatic carbocycles. The first-order valence-corrected chi connectivity index (χ1v) is 5.31. The van der Waals surface area contributed by atoms with Gasteiger partial charge in [0.05, 0.1) is 17.8 Å². The maximum absolute atomic E-state index is 12.9. The minimum Gasteiger partial charge on any atom is -0.467 e.